The van der Waals surface area contributed by atoms with Crippen LogP contribution in [0.3, 0.4) is 0 Å². The Morgan fingerprint density at radius 2 is 1.89 bits per heavy atom. The highest BCUT2D eigenvalue weighted by molar-refractivity contribution is 6.30. The van der Waals surface area contributed by atoms with E-state index < -0.39 is 0 Å². The Balaban J connectivity index is 1.97. The van der Waals surface area contributed by atoms with E-state index in [1.807, 2.05) is 24.3 Å². The van der Waals surface area contributed by atoms with Gasteiger partial charge in [0.15, 0.2) is 11.5 Å². The van der Waals surface area contributed by atoms with Crippen molar-refractivity contribution >= 4 is 17.5 Å². The topological polar surface area (TPSA) is 47.6 Å². The second-order valence-electron chi connectivity index (χ2n) is 6.06. The molecule has 1 N–H and O–H groups in total. The molecule has 4 nitrogen and oxygen atoms in total. The van der Waals surface area contributed by atoms with Crippen molar-refractivity contribution < 1.29 is 14.3 Å². The molecule has 144 valence electrons. The molecule has 0 aliphatic heterocycles. The molecule has 0 aliphatic rings. The van der Waals surface area contributed by atoms with Crippen molar-refractivity contribution in [3.63, 3.8) is 0 Å². The Morgan fingerprint density at radius 3 is 2.54 bits per heavy atom. The first-order chi connectivity index (χ1) is 13.6. The molecule has 0 heterocycles. The number of carbonyl (C=O) groups excluding carboxylic acids is 1. The Morgan fingerprint density at radius 1 is 1.14 bits per heavy atom. The predicted octanol–water partition coefficient (Wildman–Crippen LogP) is 4.17. The average Bonchev–Trinajstić information content (AvgIpc) is 2.71. The van der Waals surface area contributed by atoms with Gasteiger partial charge in [0.25, 0.3) is 0 Å². The van der Waals surface area contributed by atoms with E-state index in [1.54, 1.807) is 25.3 Å². The third-order valence-corrected chi connectivity index (χ3v) is 4.36. The summed E-state index contributed by atoms with van der Waals surface area (Å²) in [6, 6.07) is 12.6. The summed E-state index contributed by atoms with van der Waals surface area (Å²) in [5.74, 6) is 6.10. The van der Waals surface area contributed by atoms with E-state index in [-0.39, 0.29) is 18.6 Å². The van der Waals surface area contributed by atoms with Crippen LogP contribution in [0, 0.1) is 24.7 Å². The summed E-state index contributed by atoms with van der Waals surface area (Å²) >= 11 is 5.92. The lowest BCUT2D eigenvalue weighted by molar-refractivity contribution is -0.121. The number of ether oxygens (including phenoxy) is 2. The van der Waals surface area contributed by atoms with Crippen molar-refractivity contribution in [3.8, 4) is 36.2 Å². The molecule has 2 aromatic rings. The zero-order chi connectivity index (χ0) is 20.4. The second-order valence-corrected chi connectivity index (χ2v) is 6.49. The van der Waals surface area contributed by atoms with Crippen molar-refractivity contribution in [2.75, 3.05) is 13.7 Å². The van der Waals surface area contributed by atoms with Gasteiger partial charge in [-0.05, 0) is 41.8 Å². The van der Waals surface area contributed by atoms with Gasteiger partial charge in [-0.25, -0.2) is 0 Å². The summed E-state index contributed by atoms with van der Waals surface area (Å²) in [4.78, 5) is 12.4. The van der Waals surface area contributed by atoms with Gasteiger partial charge in [0, 0.05) is 17.9 Å². The van der Waals surface area contributed by atoms with Gasteiger partial charge in [-0.15, -0.1) is 18.8 Å². The maximum atomic E-state index is 12.4. The normalized spacial score (nSPS) is 11.0. The molecular formula is C23H22ClNO3. The van der Waals surface area contributed by atoms with E-state index in [0.717, 1.165) is 11.1 Å². The van der Waals surface area contributed by atoms with E-state index in [9.17, 15) is 4.79 Å². The molecule has 2 rings (SSSR count). The van der Waals surface area contributed by atoms with Gasteiger partial charge < -0.3 is 14.8 Å². The van der Waals surface area contributed by atoms with Crippen LogP contribution in [0.4, 0.5) is 0 Å². The van der Waals surface area contributed by atoms with Gasteiger partial charge >= 0.3 is 0 Å². The molecule has 5 heteroatoms. The van der Waals surface area contributed by atoms with E-state index in [0.29, 0.717) is 35.8 Å². The van der Waals surface area contributed by atoms with Crippen molar-refractivity contribution in [2.45, 2.75) is 25.3 Å². The zero-order valence-electron chi connectivity index (χ0n) is 15.7. The molecule has 0 aromatic heterocycles. The molecule has 1 atom stereocenters. The molecule has 1 unspecified atom stereocenters. The quantitative estimate of drug-likeness (QED) is 0.648. The molecule has 0 saturated heterocycles. The number of aryl methyl sites for hydroxylation is 1. The molecular weight excluding hydrogens is 374 g/mol. The fourth-order valence-electron chi connectivity index (χ4n) is 2.70. The standard InChI is InChI=1S/C23H22ClNO3/c1-4-6-20(18-9-11-19(24)12-10-18)25-23(26)14-8-17-7-13-21(28-15-5-2)22(16-17)27-3/h1-2,7,9-13,16,20H,6,8,14-15H2,3H3,(H,25,26). The Bertz CT molecular complexity index is 878. The summed E-state index contributed by atoms with van der Waals surface area (Å²) in [7, 11) is 1.56. The minimum Gasteiger partial charge on any atom is -0.493 e. The number of terminal acetylenes is 2. The van der Waals surface area contributed by atoms with Gasteiger partial charge in [-0.3, -0.25) is 4.79 Å². The van der Waals surface area contributed by atoms with E-state index in [2.05, 4.69) is 17.2 Å². The van der Waals surface area contributed by atoms with Crippen LogP contribution in [0.2, 0.25) is 5.02 Å². The number of halogens is 1. The Hall–Kier alpha value is -3.08. The SMILES string of the molecule is C#CCOc1ccc(CCC(=O)NC(CC#C)c2ccc(Cl)cc2)cc1OC. The highest BCUT2D eigenvalue weighted by atomic mass is 35.5. The van der Waals surface area contributed by atoms with Gasteiger partial charge in [-0.1, -0.05) is 35.7 Å². The summed E-state index contributed by atoms with van der Waals surface area (Å²) in [5.41, 5.74) is 1.88. The molecule has 0 fully saturated rings. The fourth-order valence-corrected chi connectivity index (χ4v) is 2.82. The molecule has 0 aliphatic carbocycles. The zero-order valence-corrected chi connectivity index (χ0v) is 16.5. The Kier molecular flexibility index (Phi) is 8.28. The van der Waals surface area contributed by atoms with Crippen LogP contribution in [0.25, 0.3) is 0 Å². The maximum Gasteiger partial charge on any atom is 0.220 e. The third kappa shape index (κ3) is 6.27. The smallest absolute Gasteiger partial charge is 0.220 e. The van der Waals surface area contributed by atoms with Gasteiger partial charge in [0.1, 0.15) is 6.61 Å². The fraction of sp³-hybridized carbons (Fsp3) is 0.261. The molecule has 0 saturated carbocycles. The number of carbonyl (C=O) groups is 1. The number of amides is 1. The van der Waals surface area contributed by atoms with Crippen LogP contribution in [0.5, 0.6) is 11.5 Å². The lowest BCUT2D eigenvalue weighted by Gasteiger charge is -2.17. The molecule has 0 radical (unpaired) electrons. The number of benzene rings is 2. The first kappa shape index (κ1) is 21.2. The number of methoxy groups -OCH3 is 1. The van der Waals surface area contributed by atoms with Gasteiger partial charge in [-0.2, -0.15) is 0 Å². The van der Waals surface area contributed by atoms with Crippen LogP contribution < -0.4 is 14.8 Å². The number of hydrogen-bond donors (Lipinski definition) is 1. The van der Waals surface area contributed by atoms with Gasteiger partial charge in [0.05, 0.1) is 13.2 Å². The van der Waals surface area contributed by atoms with Crippen LogP contribution in [-0.2, 0) is 11.2 Å². The van der Waals surface area contributed by atoms with E-state index in [1.165, 1.54) is 0 Å². The van der Waals surface area contributed by atoms with Crippen molar-refractivity contribution in [2.24, 2.45) is 0 Å². The first-order valence-corrected chi connectivity index (χ1v) is 9.16. The van der Waals surface area contributed by atoms with Crippen LogP contribution in [0.15, 0.2) is 42.5 Å². The number of nitrogens with one attached hydrogen (secondary N) is 1. The molecule has 0 spiro atoms. The second kappa shape index (κ2) is 10.9. The highest BCUT2D eigenvalue weighted by Crippen LogP contribution is 2.28. The largest absolute Gasteiger partial charge is 0.493 e. The molecule has 28 heavy (non-hydrogen) atoms. The molecule has 1 amide bonds. The van der Waals surface area contributed by atoms with Crippen LogP contribution >= 0.6 is 11.6 Å². The van der Waals surface area contributed by atoms with E-state index >= 15 is 0 Å². The molecule has 0 bridgehead atoms. The Labute approximate surface area is 171 Å². The summed E-state index contributed by atoms with van der Waals surface area (Å²) < 4.78 is 10.8. The highest BCUT2D eigenvalue weighted by Gasteiger charge is 2.14. The van der Waals surface area contributed by atoms with E-state index in [4.69, 9.17) is 33.9 Å². The van der Waals surface area contributed by atoms with Crippen molar-refractivity contribution in [3.05, 3.63) is 58.6 Å². The lowest BCUT2D eigenvalue weighted by Crippen LogP contribution is -2.28. The number of hydrogen-bond acceptors (Lipinski definition) is 3. The third-order valence-electron chi connectivity index (χ3n) is 4.11. The minimum atomic E-state index is -0.246. The summed E-state index contributed by atoms with van der Waals surface area (Å²) in [5, 5.41) is 3.63. The van der Waals surface area contributed by atoms with Crippen LogP contribution in [-0.4, -0.2) is 19.6 Å². The first-order valence-electron chi connectivity index (χ1n) is 8.78. The monoisotopic (exact) mass is 395 g/mol. The lowest BCUT2D eigenvalue weighted by atomic mass is 10.0. The number of rotatable bonds is 9. The minimum absolute atomic E-state index is 0.0816. The van der Waals surface area contributed by atoms with Gasteiger partial charge in [0.2, 0.25) is 5.91 Å². The average molecular weight is 396 g/mol. The maximum absolute atomic E-state index is 12.4. The summed E-state index contributed by atoms with van der Waals surface area (Å²) in [6.07, 6.45) is 11.9. The summed E-state index contributed by atoms with van der Waals surface area (Å²) in [6.45, 7) is 0.166. The van der Waals surface area contributed by atoms with Crippen molar-refractivity contribution in [1.82, 2.24) is 5.32 Å². The molecule has 2 aromatic carbocycles. The predicted molar refractivity (Wildman–Crippen MR) is 111 cm³/mol. The van der Waals surface area contributed by atoms with Crippen molar-refractivity contribution in [1.29, 1.82) is 0 Å². The van der Waals surface area contributed by atoms with Crippen LogP contribution in [0.1, 0.15) is 30.0 Å².